The Morgan fingerprint density at radius 2 is 2.04 bits per heavy atom. The lowest BCUT2D eigenvalue weighted by molar-refractivity contribution is 0.0487. The number of ether oxygens (including phenoxy) is 1. The van der Waals surface area contributed by atoms with Crippen LogP contribution in [-0.2, 0) is 4.74 Å². The van der Waals surface area contributed by atoms with Gasteiger partial charge in [-0.25, -0.2) is 4.79 Å². The number of fused-ring (bicyclic) bond motifs is 1. The fourth-order valence-electron chi connectivity index (χ4n) is 3.43. The molecule has 1 heterocycles. The SMILES string of the molecule is C=Cc1ccc2c(cnn2[C@H]2CC[C@@H](NC(=O)OC(C)(C)C)CC2)c1. The van der Waals surface area contributed by atoms with Crippen molar-refractivity contribution in [2.24, 2.45) is 0 Å². The Kier molecular flexibility index (Phi) is 4.84. The van der Waals surface area contributed by atoms with Gasteiger partial charge in [0, 0.05) is 11.4 Å². The van der Waals surface area contributed by atoms with Gasteiger partial charge in [0.2, 0.25) is 0 Å². The summed E-state index contributed by atoms with van der Waals surface area (Å²) in [6.45, 7) is 9.45. The Bertz CT molecular complexity index is 765. The summed E-state index contributed by atoms with van der Waals surface area (Å²) in [5.74, 6) is 0. The van der Waals surface area contributed by atoms with E-state index in [9.17, 15) is 4.79 Å². The Morgan fingerprint density at radius 3 is 2.68 bits per heavy atom. The van der Waals surface area contributed by atoms with Gasteiger partial charge in [-0.1, -0.05) is 18.7 Å². The molecule has 1 amide bonds. The highest BCUT2D eigenvalue weighted by molar-refractivity contribution is 5.81. The van der Waals surface area contributed by atoms with Crippen LogP contribution in [0.3, 0.4) is 0 Å². The minimum Gasteiger partial charge on any atom is -0.444 e. The van der Waals surface area contributed by atoms with E-state index in [1.54, 1.807) is 0 Å². The van der Waals surface area contributed by atoms with Crippen molar-refractivity contribution in [1.29, 1.82) is 0 Å². The van der Waals surface area contributed by atoms with E-state index in [1.165, 1.54) is 0 Å². The van der Waals surface area contributed by atoms with E-state index < -0.39 is 5.60 Å². The molecule has 5 nitrogen and oxygen atoms in total. The van der Waals surface area contributed by atoms with Crippen LogP contribution in [0.5, 0.6) is 0 Å². The van der Waals surface area contributed by atoms with Gasteiger partial charge in [0.25, 0.3) is 0 Å². The molecule has 0 atom stereocenters. The summed E-state index contributed by atoms with van der Waals surface area (Å²) in [5.41, 5.74) is 1.81. The van der Waals surface area contributed by atoms with Gasteiger partial charge in [-0.05, 0) is 64.2 Å². The van der Waals surface area contributed by atoms with Crippen LogP contribution < -0.4 is 5.32 Å². The number of nitrogens with zero attached hydrogens (tertiary/aromatic N) is 2. The van der Waals surface area contributed by atoms with Gasteiger partial charge in [0.05, 0.1) is 17.8 Å². The summed E-state index contributed by atoms with van der Waals surface area (Å²) < 4.78 is 7.47. The number of rotatable bonds is 3. The van der Waals surface area contributed by atoms with E-state index in [0.717, 1.165) is 42.1 Å². The molecule has 134 valence electrons. The molecular weight excluding hydrogens is 314 g/mol. The zero-order chi connectivity index (χ0) is 18.0. The molecule has 1 N–H and O–H groups in total. The summed E-state index contributed by atoms with van der Waals surface area (Å²) in [6, 6.07) is 6.86. The van der Waals surface area contributed by atoms with E-state index in [1.807, 2.05) is 33.0 Å². The Labute approximate surface area is 149 Å². The maximum absolute atomic E-state index is 11.9. The number of benzene rings is 1. The van der Waals surface area contributed by atoms with E-state index in [2.05, 4.69) is 39.9 Å². The fraction of sp³-hybridized carbons (Fsp3) is 0.500. The van der Waals surface area contributed by atoms with Crippen molar-refractivity contribution in [1.82, 2.24) is 15.1 Å². The monoisotopic (exact) mass is 341 g/mol. The van der Waals surface area contributed by atoms with Crippen molar-refractivity contribution in [2.75, 3.05) is 0 Å². The van der Waals surface area contributed by atoms with Crippen molar-refractivity contribution in [3.8, 4) is 0 Å². The smallest absolute Gasteiger partial charge is 0.407 e. The first kappa shape index (κ1) is 17.5. The van der Waals surface area contributed by atoms with Gasteiger partial charge in [0.1, 0.15) is 5.60 Å². The molecule has 5 heteroatoms. The van der Waals surface area contributed by atoms with Crippen molar-refractivity contribution in [3.63, 3.8) is 0 Å². The standard InChI is InChI=1S/C20H27N3O2/c1-5-14-6-11-18-15(12-14)13-21-23(18)17-9-7-16(8-10-17)22-19(24)25-20(2,3)4/h5-6,11-13,16-17H,1,7-10H2,2-4H3,(H,22,24)/t16-,17+. The van der Waals surface area contributed by atoms with Gasteiger partial charge < -0.3 is 10.1 Å². The molecule has 1 fully saturated rings. The molecule has 0 bridgehead atoms. The third kappa shape index (κ3) is 4.21. The van der Waals surface area contributed by atoms with Gasteiger partial charge in [0.15, 0.2) is 0 Å². The number of nitrogens with one attached hydrogen (secondary N) is 1. The molecule has 0 spiro atoms. The van der Waals surface area contributed by atoms with E-state index in [4.69, 9.17) is 4.74 Å². The maximum Gasteiger partial charge on any atom is 0.407 e. The summed E-state index contributed by atoms with van der Waals surface area (Å²) >= 11 is 0. The minimum absolute atomic E-state index is 0.181. The van der Waals surface area contributed by atoms with E-state index in [0.29, 0.717) is 6.04 Å². The predicted octanol–water partition coefficient (Wildman–Crippen LogP) is 4.69. The highest BCUT2D eigenvalue weighted by Crippen LogP contribution is 2.31. The molecule has 0 saturated heterocycles. The van der Waals surface area contributed by atoms with Crippen LogP contribution >= 0.6 is 0 Å². The summed E-state index contributed by atoms with van der Waals surface area (Å²) in [4.78, 5) is 11.9. The average molecular weight is 341 g/mol. The van der Waals surface area contributed by atoms with Gasteiger partial charge >= 0.3 is 6.09 Å². The van der Waals surface area contributed by atoms with Crippen LogP contribution in [0.4, 0.5) is 4.79 Å². The topological polar surface area (TPSA) is 56.2 Å². The molecule has 0 radical (unpaired) electrons. The third-order valence-corrected chi connectivity index (χ3v) is 4.62. The van der Waals surface area contributed by atoms with E-state index in [-0.39, 0.29) is 12.1 Å². The molecule has 0 unspecified atom stereocenters. The number of amides is 1. The largest absolute Gasteiger partial charge is 0.444 e. The maximum atomic E-state index is 11.9. The van der Waals surface area contributed by atoms with Gasteiger partial charge in [-0.3, -0.25) is 4.68 Å². The zero-order valence-electron chi connectivity index (χ0n) is 15.3. The van der Waals surface area contributed by atoms with Crippen LogP contribution in [0.2, 0.25) is 0 Å². The lowest BCUT2D eigenvalue weighted by Crippen LogP contribution is -2.41. The highest BCUT2D eigenvalue weighted by Gasteiger charge is 2.26. The first-order valence-corrected chi connectivity index (χ1v) is 8.95. The second-order valence-corrected chi connectivity index (χ2v) is 7.76. The second-order valence-electron chi connectivity index (χ2n) is 7.76. The van der Waals surface area contributed by atoms with E-state index >= 15 is 0 Å². The first-order chi connectivity index (χ1) is 11.9. The predicted molar refractivity (Wildman–Crippen MR) is 100 cm³/mol. The van der Waals surface area contributed by atoms with Crippen LogP contribution in [0.25, 0.3) is 17.0 Å². The number of hydrogen-bond acceptors (Lipinski definition) is 3. The molecule has 1 aromatic carbocycles. The number of carbonyl (C=O) groups is 1. The van der Waals surface area contributed by atoms with Crippen LogP contribution in [0.1, 0.15) is 58.1 Å². The molecule has 25 heavy (non-hydrogen) atoms. The summed E-state index contributed by atoms with van der Waals surface area (Å²) in [6.07, 6.45) is 7.34. The molecule has 1 aliphatic carbocycles. The lowest BCUT2D eigenvalue weighted by Gasteiger charge is -2.30. The quantitative estimate of drug-likeness (QED) is 0.881. The molecular formula is C20H27N3O2. The normalized spacial score (nSPS) is 21.1. The highest BCUT2D eigenvalue weighted by atomic mass is 16.6. The Balaban J connectivity index is 1.61. The summed E-state index contributed by atoms with van der Waals surface area (Å²) in [5, 5.41) is 8.74. The molecule has 1 aromatic heterocycles. The van der Waals surface area contributed by atoms with Gasteiger partial charge in [-0.2, -0.15) is 5.10 Å². The average Bonchev–Trinajstić information content (AvgIpc) is 2.96. The van der Waals surface area contributed by atoms with Crippen molar-refractivity contribution >= 4 is 23.1 Å². The molecule has 1 saturated carbocycles. The first-order valence-electron chi connectivity index (χ1n) is 8.95. The zero-order valence-corrected chi connectivity index (χ0v) is 15.3. The number of hydrogen-bond donors (Lipinski definition) is 1. The number of carbonyl (C=O) groups excluding carboxylic acids is 1. The van der Waals surface area contributed by atoms with Crippen LogP contribution in [-0.4, -0.2) is 27.5 Å². The molecule has 1 aliphatic rings. The number of alkyl carbamates (subject to hydrolysis) is 1. The van der Waals surface area contributed by atoms with Gasteiger partial charge in [-0.15, -0.1) is 0 Å². The van der Waals surface area contributed by atoms with Crippen LogP contribution in [0, 0.1) is 0 Å². The number of aromatic nitrogens is 2. The van der Waals surface area contributed by atoms with Crippen molar-refractivity contribution < 1.29 is 9.53 Å². The molecule has 3 rings (SSSR count). The summed E-state index contributed by atoms with van der Waals surface area (Å²) in [7, 11) is 0. The second kappa shape index (κ2) is 6.90. The lowest BCUT2D eigenvalue weighted by atomic mass is 9.91. The minimum atomic E-state index is -0.459. The Morgan fingerprint density at radius 1 is 1.32 bits per heavy atom. The van der Waals surface area contributed by atoms with Crippen molar-refractivity contribution in [3.05, 3.63) is 36.5 Å². The molecule has 0 aliphatic heterocycles. The molecule has 2 aromatic rings. The third-order valence-electron chi connectivity index (χ3n) is 4.62. The fourth-order valence-corrected chi connectivity index (χ4v) is 3.43. The van der Waals surface area contributed by atoms with Crippen LogP contribution in [0.15, 0.2) is 31.0 Å². The Hall–Kier alpha value is -2.30. The van der Waals surface area contributed by atoms with Crippen molar-refractivity contribution in [2.45, 2.75) is 64.1 Å².